The largest absolute Gasteiger partial charge is 0.383 e. The SMILES string of the molecule is CCN(CCOC)c1snc(N)c1C(=O)NC. The Balaban J connectivity index is 2.98. The van der Waals surface area contributed by atoms with Gasteiger partial charge in [-0.05, 0) is 18.5 Å². The molecule has 6 nitrogen and oxygen atoms in total. The lowest BCUT2D eigenvalue weighted by Gasteiger charge is -2.21. The minimum absolute atomic E-state index is 0.206. The van der Waals surface area contributed by atoms with Crippen molar-refractivity contribution in [1.82, 2.24) is 9.69 Å². The third kappa shape index (κ3) is 3.07. The monoisotopic (exact) mass is 258 g/mol. The Morgan fingerprint density at radius 2 is 2.35 bits per heavy atom. The normalized spacial score (nSPS) is 10.3. The summed E-state index contributed by atoms with van der Waals surface area (Å²) in [6.45, 7) is 4.09. The molecule has 0 aliphatic heterocycles. The summed E-state index contributed by atoms with van der Waals surface area (Å²) in [4.78, 5) is 13.8. The highest BCUT2D eigenvalue weighted by Crippen LogP contribution is 2.30. The Bertz CT molecular complexity index is 380. The minimum Gasteiger partial charge on any atom is -0.383 e. The van der Waals surface area contributed by atoms with Gasteiger partial charge in [-0.3, -0.25) is 4.79 Å². The molecule has 96 valence electrons. The van der Waals surface area contributed by atoms with Crippen LogP contribution in [0.1, 0.15) is 17.3 Å². The van der Waals surface area contributed by atoms with Crippen molar-refractivity contribution < 1.29 is 9.53 Å². The zero-order valence-corrected chi connectivity index (χ0v) is 11.1. The van der Waals surface area contributed by atoms with Crippen LogP contribution in [0.4, 0.5) is 10.8 Å². The average molecular weight is 258 g/mol. The Kier molecular flexibility index (Phi) is 5.17. The number of aromatic nitrogens is 1. The molecule has 0 unspecified atom stereocenters. The van der Waals surface area contributed by atoms with Crippen LogP contribution in [0, 0.1) is 0 Å². The molecule has 0 spiro atoms. The molecule has 1 rings (SSSR count). The summed E-state index contributed by atoms with van der Waals surface area (Å²) in [6.07, 6.45) is 0. The van der Waals surface area contributed by atoms with Gasteiger partial charge in [0.25, 0.3) is 5.91 Å². The van der Waals surface area contributed by atoms with E-state index in [2.05, 4.69) is 9.69 Å². The molecule has 0 radical (unpaired) electrons. The molecule has 0 aliphatic rings. The van der Waals surface area contributed by atoms with E-state index >= 15 is 0 Å². The predicted molar refractivity (Wildman–Crippen MR) is 69.7 cm³/mol. The summed E-state index contributed by atoms with van der Waals surface area (Å²) < 4.78 is 9.08. The second-order valence-electron chi connectivity index (χ2n) is 3.40. The Morgan fingerprint density at radius 1 is 1.65 bits per heavy atom. The summed E-state index contributed by atoms with van der Waals surface area (Å²) in [7, 11) is 3.23. The van der Waals surface area contributed by atoms with Gasteiger partial charge < -0.3 is 20.7 Å². The van der Waals surface area contributed by atoms with Gasteiger partial charge in [0.2, 0.25) is 0 Å². The fourth-order valence-electron chi connectivity index (χ4n) is 1.45. The number of anilines is 2. The van der Waals surface area contributed by atoms with Crippen molar-refractivity contribution in [3.05, 3.63) is 5.56 Å². The molecule has 0 saturated heterocycles. The number of methoxy groups -OCH3 is 1. The van der Waals surface area contributed by atoms with Crippen LogP contribution >= 0.6 is 11.5 Å². The maximum absolute atomic E-state index is 11.7. The number of rotatable bonds is 6. The fraction of sp³-hybridized carbons (Fsp3) is 0.600. The van der Waals surface area contributed by atoms with Crippen LogP contribution in [0.5, 0.6) is 0 Å². The zero-order valence-electron chi connectivity index (χ0n) is 10.3. The van der Waals surface area contributed by atoms with Crippen molar-refractivity contribution in [3.63, 3.8) is 0 Å². The summed E-state index contributed by atoms with van der Waals surface area (Å²) in [5, 5.41) is 3.37. The van der Waals surface area contributed by atoms with Gasteiger partial charge in [0, 0.05) is 27.2 Å². The minimum atomic E-state index is -0.206. The van der Waals surface area contributed by atoms with Crippen molar-refractivity contribution >= 4 is 28.3 Å². The molecule has 0 saturated carbocycles. The summed E-state index contributed by atoms with van der Waals surface area (Å²) in [6, 6.07) is 0. The Labute approximate surface area is 105 Å². The van der Waals surface area contributed by atoms with E-state index in [0.717, 1.165) is 11.5 Å². The first-order valence-corrected chi connectivity index (χ1v) is 6.14. The van der Waals surface area contributed by atoms with Crippen LogP contribution in [0.2, 0.25) is 0 Å². The number of ether oxygens (including phenoxy) is 1. The molecule has 17 heavy (non-hydrogen) atoms. The van der Waals surface area contributed by atoms with Crippen molar-refractivity contribution in [1.29, 1.82) is 0 Å². The number of carbonyl (C=O) groups is 1. The number of likely N-dealkylation sites (N-methyl/N-ethyl adjacent to an activating group) is 1. The van der Waals surface area contributed by atoms with Gasteiger partial charge in [-0.15, -0.1) is 0 Å². The number of nitrogen functional groups attached to an aromatic ring is 1. The lowest BCUT2D eigenvalue weighted by atomic mass is 10.2. The molecule has 0 bridgehead atoms. The molecule has 0 fully saturated rings. The highest BCUT2D eigenvalue weighted by molar-refractivity contribution is 7.11. The van der Waals surface area contributed by atoms with Crippen LogP contribution in [0.3, 0.4) is 0 Å². The molecular formula is C10H18N4O2S. The highest BCUT2D eigenvalue weighted by Gasteiger charge is 2.21. The summed E-state index contributed by atoms with van der Waals surface area (Å²) >= 11 is 1.24. The van der Waals surface area contributed by atoms with Gasteiger partial charge in [0.05, 0.1) is 6.61 Å². The van der Waals surface area contributed by atoms with Gasteiger partial charge in [-0.2, -0.15) is 4.37 Å². The topological polar surface area (TPSA) is 80.5 Å². The second kappa shape index (κ2) is 6.41. The maximum atomic E-state index is 11.7. The van der Waals surface area contributed by atoms with E-state index in [1.54, 1.807) is 14.2 Å². The molecule has 0 atom stereocenters. The number of nitrogens with one attached hydrogen (secondary N) is 1. The van der Waals surface area contributed by atoms with E-state index in [1.165, 1.54) is 11.5 Å². The third-order valence-corrected chi connectivity index (χ3v) is 3.31. The molecule has 1 heterocycles. The molecule has 1 amide bonds. The van der Waals surface area contributed by atoms with E-state index in [-0.39, 0.29) is 11.7 Å². The molecule has 1 aromatic rings. The van der Waals surface area contributed by atoms with Crippen LogP contribution in [-0.4, -0.2) is 44.1 Å². The molecule has 7 heteroatoms. The van der Waals surface area contributed by atoms with Crippen LogP contribution < -0.4 is 16.0 Å². The lowest BCUT2D eigenvalue weighted by Crippen LogP contribution is -2.29. The van der Waals surface area contributed by atoms with Crippen molar-refractivity contribution in [2.45, 2.75) is 6.92 Å². The fourth-order valence-corrected chi connectivity index (χ4v) is 2.35. The Morgan fingerprint density at radius 3 is 2.88 bits per heavy atom. The molecular weight excluding hydrogens is 240 g/mol. The van der Waals surface area contributed by atoms with E-state index in [9.17, 15) is 4.79 Å². The predicted octanol–water partition coefficient (Wildman–Crippen LogP) is 0.558. The lowest BCUT2D eigenvalue weighted by molar-refractivity contribution is 0.0964. The van der Waals surface area contributed by atoms with E-state index < -0.39 is 0 Å². The van der Waals surface area contributed by atoms with Gasteiger partial charge in [-0.25, -0.2) is 0 Å². The zero-order chi connectivity index (χ0) is 12.8. The van der Waals surface area contributed by atoms with E-state index in [0.29, 0.717) is 18.7 Å². The summed E-state index contributed by atoms with van der Waals surface area (Å²) in [5.41, 5.74) is 6.17. The standard InChI is InChI=1S/C10H18N4O2S/c1-4-14(5-6-16-3)10-7(9(15)12-2)8(11)13-17-10/h4-6H2,1-3H3,(H2,11,13)(H,12,15). The van der Waals surface area contributed by atoms with E-state index in [1.807, 2.05) is 11.8 Å². The van der Waals surface area contributed by atoms with Crippen molar-refractivity contribution in [2.24, 2.45) is 0 Å². The number of nitrogens with zero attached hydrogens (tertiary/aromatic N) is 2. The van der Waals surface area contributed by atoms with Gasteiger partial charge in [-0.1, -0.05) is 0 Å². The number of carbonyl (C=O) groups excluding carboxylic acids is 1. The molecule has 0 aromatic carbocycles. The van der Waals surface area contributed by atoms with Crippen molar-refractivity contribution in [3.8, 4) is 0 Å². The van der Waals surface area contributed by atoms with Crippen molar-refractivity contribution in [2.75, 3.05) is 44.5 Å². The smallest absolute Gasteiger partial charge is 0.257 e. The van der Waals surface area contributed by atoms with Gasteiger partial charge >= 0.3 is 0 Å². The van der Waals surface area contributed by atoms with Gasteiger partial charge in [0.1, 0.15) is 10.6 Å². The molecule has 0 aliphatic carbocycles. The molecule has 1 aromatic heterocycles. The highest BCUT2D eigenvalue weighted by atomic mass is 32.1. The quantitative estimate of drug-likeness (QED) is 0.779. The number of amides is 1. The average Bonchev–Trinajstić information content (AvgIpc) is 2.71. The van der Waals surface area contributed by atoms with E-state index in [4.69, 9.17) is 10.5 Å². The first kappa shape index (κ1) is 13.7. The van der Waals surface area contributed by atoms with Crippen LogP contribution in [0.25, 0.3) is 0 Å². The summed E-state index contributed by atoms with van der Waals surface area (Å²) in [5.74, 6) is 0.0716. The van der Waals surface area contributed by atoms with Gasteiger partial charge in [0.15, 0.2) is 5.82 Å². The first-order valence-electron chi connectivity index (χ1n) is 5.36. The number of hydrogen-bond donors (Lipinski definition) is 2. The van der Waals surface area contributed by atoms with Crippen LogP contribution in [0.15, 0.2) is 0 Å². The number of nitrogens with two attached hydrogens (primary N) is 1. The first-order chi connectivity index (χ1) is 8.15. The second-order valence-corrected chi connectivity index (χ2v) is 4.15. The third-order valence-electron chi connectivity index (χ3n) is 2.39. The number of hydrogen-bond acceptors (Lipinski definition) is 6. The Hall–Kier alpha value is -1.34. The maximum Gasteiger partial charge on any atom is 0.257 e. The van der Waals surface area contributed by atoms with Crippen LogP contribution in [-0.2, 0) is 4.74 Å². The molecule has 3 N–H and O–H groups in total.